The van der Waals surface area contributed by atoms with Gasteiger partial charge in [-0.2, -0.15) is 0 Å². The molecule has 0 aliphatic carbocycles. The Morgan fingerprint density at radius 1 is 1.22 bits per heavy atom. The van der Waals surface area contributed by atoms with E-state index in [1.807, 2.05) is 0 Å². The van der Waals surface area contributed by atoms with Crippen molar-refractivity contribution in [2.75, 3.05) is 11.9 Å². The second-order valence-corrected chi connectivity index (χ2v) is 7.20. The summed E-state index contributed by atoms with van der Waals surface area (Å²) < 4.78 is 0. The first-order valence-corrected chi connectivity index (χ1v) is 8.86. The monoisotopic (exact) mass is 426 g/mol. The molecule has 2 N–H and O–H groups in total. The predicted octanol–water partition coefficient (Wildman–Crippen LogP) is 3.45. The highest BCUT2D eigenvalue weighted by Gasteiger charge is 2.50. The number of anilines is 1. The number of hydrogen-bond donors (Lipinski definition) is 2. The lowest BCUT2D eigenvalue weighted by Crippen LogP contribution is -2.42. The Morgan fingerprint density at radius 2 is 1.89 bits per heavy atom. The van der Waals surface area contributed by atoms with Gasteiger partial charge in [-0.1, -0.05) is 40.9 Å². The summed E-state index contributed by atoms with van der Waals surface area (Å²) >= 11 is 17.9. The summed E-state index contributed by atoms with van der Waals surface area (Å²) in [4.78, 5) is 42.3. The number of halogens is 3. The standard InChI is InChI=1S/C17H13Cl3N4O3/c1-17(12-4-2-3-5-21-12)15(26)24(16(27)23-17)8-13(25)22-14-10(19)6-9(18)7-11(14)20/h2-7H,8H2,1H3,(H,22,25)(H,23,27). The summed E-state index contributed by atoms with van der Waals surface area (Å²) in [5.41, 5.74) is -0.837. The number of hydrogen-bond acceptors (Lipinski definition) is 4. The van der Waals surface area contributed by atoms with Gasteiger partial charge in [0.2, 0.25) is 5.91 Å². The van der Waals surface area contributed by atoms with E-state index in [2.05, 4.69) is 15.6 Å². The second kappa shape index (κ2) is 7.34. The first-order valence-electron chi connectivity index (χ1n) is 7.72. The summed E-state index contributed by atoms with van der Waals surface area (Å²) in [5.74, 6) is -1.23. The molecule has 1 aromatic carbocycles. The molecule has 0 radical (unpaired) electrons. The maximum atomic E-state index is 12.8. The third-order valence-electron chi connectivity index (χ3n) is 4.03. The van der Waals surface area contributed by atoms with E-state index in [0.717, 1.165) is 4.90 Å². The van der Waals surface area contributed by atoms with Crippen molar-refractivity contribution in [2.24, 2.45) is 0 Å². The van der Waals surface area contributed by atoms with Gasteiger partial charge in [-0.3, -0.25) is 19.5 Å². The molecule has 3 rings (SSSR count). The Kier molecular flexibility index (Phi) is 5.28. The van der Waals surface area contributed by atoms with Crippen molar-refractivity contribution >= 4 is 58.3 Å². The van der Waals surface area contributed by atoms with Gasteiger partial charge in [0.25, 0.3) is 5.91 Å². The van der Waals surface area contributed by atoms with Crippen molar-refractivity contribution in [2.45, 2.75) is 12.5 Å². The molecule has 0 spiro atoms. The molecule has 0 saturated carbocycles. The largest absolute Gasteiger partial charge is 0.325 e. The van der Waals surface area contributed by atoms with Gasteiger partial charge >= 0.3 is 6.03 Å². The van der Waals surface area contributed by atoms with E-state index in [0.29, 0.717) is 10.7 Å². The Balaban J connectivity index is 1.77. The van der Waals surface area contributed by atoms with Gasteiger partial charge in [0.05, 0.1) is 21.4 Å². The molecule has 1 aliphatic rings. The van der Waals surface area contributed by atoms with Crippen LogP contribution in [-0.2, 0) is 15.1 Å². The molecule has 10 heteroatoms. The number of nitrogens with one attached hydrogen (secondary N) is 2. The predicted molar refractivity (Wildman–Crippen MR) is 102 cm³/mol. The summed E-state index contributed by atoms with van der Waals surface area (Å²) in [7, 11) is 0. The molecule has 0 bridgehead atoms. The first-order chi connectivity index (χ1) is 12.7. The van der Waals surface area contributed by atoms with Crippen LogP contribution in [0.3, 0.4) is 0 Å². The molecule has 27 heavy (non-hydrogen) atoms. The lowest BCUT2D eigenvalue weighted by molar-refractivity contribution is -0.133. The lowest BCUT2D eigenvalue weighted by Gasteiger charge is -2.20. The molecule has 1 fully saturated rings. The Bertz CT molecular complexity index is 915. The number of carbonyl (C=O) groups is 3. The quantitative estimate of drug-likeness (QED) is 0.731. The van der Waals surface area contributed by atoms with E-state index >= 15 is 0 Å². The molecule has 2 heterocycles. The zero-order valence-corrected chi connectivity index (χ0v) is 16.2. The van der Waals surface area contributed by atoms with Gasteiger partial charge < -0.3 is 10.6 Å². The topological polar surface area (TPSA) is 91.4 Å². The number of nitrogens with zero attached hydrogens (tertiary/aromatic N) is 2. The average molecular weight is 428 g/mol. The van der Waals surface area contributed by atoms with Crippen LogP contribution in [-0.4, -0.2) is 34.3 Å². The van der Waals surface area contributed by atoms with Crippen LogP contribution < -0.4 is 10.6 Å². The van der Waals surface area contributed by atoms with Gasteiger partial charge in [0.1, 0.15) is 6.54 Å². The van der Waals surface area contributed by atoms with E-state index in [-0.39, 0.29) is 15.7 Å². The van der Waals surface area contributed by atoms with Crippen molar-refractivity contribution in [3.8, 4) is 0 Å². The molecule has 1 unspecified atom stereocenters. The van der Waals surface area contributed by atoms with Crippen molar-refractivity contribution in [1.29, 1.82) is 0 Å². The minimum absolute atomic E-state index is 0.136. The number of pyridine rings is 1. The van der Waals surface area contributed by atoms with Gasteiger partial charge in [-0.25, -0.2) is 4.79 Å². The molecular formula is C17H13Cl3N4O3. The highest BCUT2D eigenvalue weighted by atomic mass is 35.5. The van der Waals surface area contributed by atoms with E-state index < -0.39 is 29.9 Å². The lowest BCUT2D eigenvalue weighted by atomic mass is 9.97. The second-order valence-electron chi connectivity index (χ2n) is 5.95. The maximum absolute atomic E-state index is 12.8. The molecule has 1 atom stereocenters. The number of carbonyl (C=O) groups excluding carboxylic acids is 3. The van der Waals surface area contributed by atoms with Crippen LogP contribution in [0, 0.1) is 0 Å². The average Bonchev–Trinajstić information content (AvgIpc) is 2.83. The van der Waals surface area contributed by atoms with Crippen LogP contribution in [0.4, 0.5) is 10.5 Å². The third-order valence-corrected chi connectivity index (χ3v) is 4.84. The van der Waals surface area contributed by atoms with Crippen molar-refractivity contribution in [3.63, 3.8) is 0 Å². The van der Waals surface area contributed by atoms with Crippen LogP contribution in [0.2, 0.25) is 15.1 Å². The van der Waals surface area contributed by atoms with Gasteiger partial charge in [-0.05, 0) is 31.2 Å². The van der Waals surface area contributed by atoms with Crippen LogP contribution in [0.15, 0.2) is 36.5 Å². The molecule has 1 aliphatic heterocycles. The number of imide groups is 1. The van der Waals surface area contributed by atoms with E-state index in [9.17, 15) is 14.4 Å². The van der Waals surface area contributed by atoms with E-state index in [1.54, 1.807) is 18.2 Å². The van der Waals surface area contributed by atoms with Crippen molar-refractivity contribution in [3.05, 3.63) is 57.3 Å². The number of benzene rings is 1. The van der Waals surface area contributed by atoms with Gasteiger partial charge in [0.15, 0.2) is 5.54 Å². The molecular weight excluding hydrogens is 415 g/mol. The third kappa shape index (κ3) is 3.71. The van der Waals surface area contributed by atoms with Crippen molar-refractivity contribution in [1.82, 2.24) is 15.2 Å². The maximum Gasteiger partial charge on any atom is 0.325 e. The minimum atomic E-state index is -1.35. The SMILES string of the molecule is CC1(c2ccccn2)NC(=O)N(CC(=O)Nc2c(Cl)cc(Cl)cc2Cl)C1=O. The Hall–Kier alpha value is -2.35. The number of rotatable bonds is 4. The molecule has 4 amide bonds. The van der Waals surface area contributed by atoms with Crippen molar-refractivity contribution < 1.29 is 14.4 Å². The Morgan fingerprint density at radius 3 is 2.48 bits per heavy atom. The normalized spacial score (nSPS) is 19.2. The molecule has 2 aromatic rings. The Labute approximate surface area is 169 Å². The fraction of sp³-hybridized carbons (Fsp3) is 0.176. The van der Waals surface area contributed by atoms with Crippen LogP contribution in [0.25, 0.3) is 0 Å². The number of aromatic nitrogens is 1. The summed E-state index contributed by atoms with van der Waals surface area (Å²) in [6.45, 7) is 1.02. The highest BCUT2D eigenvalue weighted by Crippen LogP contribution is 2.34. The number of amides is 4. The molecule has 1 aromatic heterocycles. The minimum Gasteiger partial charge on any atom is -0.322 e. The fourth-order valence-corrected chi connectivity index (χ4v) is 3.57. The molecule has 1 saturated heterocycles. The van der Waals surface area contributed by atoms with Gasteiger partial charge in [0, 0.05) is 11.2 Å². The van der Waals surface area contributed by atoms with Crippen LogP contribution >= 0.6 is 34.8 Å². The van der Waals surface area contributed by atoms with Crippen LogP contribution in [0.5, 0.6) is 0 Å². The van der Waals surface area contributed by atoms with Gasteiger partial charge in [-0.15, -0.1) is 0 Å². The number of urea groups is 1. The van der Waals surface area contributed by atoms with Crippen LogP contribution in [0.1, 0.15) is 12.6 Å². The fourth-order valence-electron chi connectivity index (χ4n) is 2.66. The van der Waals surface area contributed by atoms with E-state index in [1.165, 1.54) is 25.3 Å². The first kappa shape index (κ1) is 19.4. The summed E-state index contributed by atoms with van der Waals surface area (Å²) in [5, 5.41) is 5.64. The zero-order valence-electron chi connectivity index (χ0n) is 13.9. The highest BCUT2D eigenvalue weighted by molar-refractivity contribution is 6.42. The molecule has 140 valence electrons. The van der Waals surface area contributed by atoms with E-state index in [4.69, 9.17) is 34.8 Å². The zero-order chi connectivity index (χ0) is 19.8. The molecule has 7 nitrogen and oxygen atoms in total. The summed E-state index contributed by atoms with van der Waals surface area (Å²) in [6.07, 6.45) is 1.51. The smallest absolute Gasteiger partial charge is 0.322 e. The summed E-state index contributed by atoms with van der Waals surface area (Å²) in [6, 6.07) is 7.14.